The van der Waals surface area contributed by atoms with Crippen LogP contribution in [0.2, 0.25) is 0 Å². The van der Waals surface area contributed by atoms with Gasteiger partial charge in [0, 0.05) is 51.9 Å². The standard InChI is InChI=1S/C30H43N3O/c1-25-12-8-9-14-27(25)24-31(2)30(34)18-7-4-10-19-32-20-22-33(23-21-32)29-17-11-15-26-13-5-3-6-16-28(26)29/h8-9,11-12,14-15,17H,3-7,10,13,16,18-24H2,1-2H3. The van der Waals surface area contributed by atoms with Gasteiger partial charge in [-0.15, -0.1) is 0 Å². The van der Waals surface area contributed by atoms with Crippen molar-refractivity contribution < 1.29 is 4.79 Å². The predicted molar refractivity (Wildman–Crippen MR) is 142 cm³/mol. The zero-order valence-electron chi connectivity index (χ0n) is 21.4. The van der Waals surface area contributed by atoms with E-state index < -0.39 is 0 Å². The van der Waals surface area contributed by atoms with Gasteiger partial charge in [-0.25, -0.2) is 0 Å². The quantitative estimate of drug-likeness (QED) is 0.359. The summed E-state index contributed by atoms with van der Waals surface area (Å²) >= 11 is 0. The van der Waals surface area contributed by atoms with Gasteiger partial charge in [0.25, 0.3) is 0 Å². The van der Waals surface area contributed by atoms with E-state index in [9.17, 15) is 4.79 Å². The second-order valence-electron chi connectivity index (χ2n) is 10.3. The topological polar surface area (TPSA) is 26.8 Å². The maximum Gasteiger partial charge on any atom is 0.222 e. The first-order valence-electron chi connectivity index (χ1n) is 13.5. The number of nitrogens with zero attached hydrogens (tertiary/aromatic N) is 3. The van der Waals surface area contributed by atoms with Gasteiger partial charge >= 0.3 is 0 Å². The van der Waals surface area contributed by atoms with Crippen LogP contribution in [0.4, 0.5) is 5.69 Å². The van der Waals surface area contributed by atoms with Gasteiger partial charge in [-0.3, -0.25) is 9.69 Å². The van der Waals surface area contributed by atoms with E-state index in [0.29, 0.717) is 13.0 Å². The number of benzene rings is 2. The normalized spacial score (nSPS) is 16.7. The molecule has 4 heteroatoms. The summed E-state index contributed by atoms with van der Waals surface area (Å²) in [5.74, 6) is 0.263. The first-order valence-corrected chi connectivity index (χ1v) is 13.5. The van der Waals surface area contributed by atoms with Crippen molar-refractivity contribution in [3.63, 3.8) is 0 Å². The fraction of sp³-hybridized carbons (Fsp3) is 0.567. The predicted octanol–water partition coefficient (Wildman–Crippen LogP) is 5.60. The fourth-order valence-corrected chi connectivity index (χ4v) is 5.56. The molecule has 2 aliphatic rings. The molecule has 1 saturated heterocycles. The van der Waals surface area contributed by atoms with Crippen LogP contribution in [-0.4, -0.2) is 55.5 Å². The SMILES string of the molecule is Cc1ccccc1CN(C)C(=O)CCCCCN1CCN(c2cccc3c2CCCCC3)CC1. The number of aryl methyl sites for hydroxylation is 2. The molecule has 0 unspecified atom stereocenters. The van der Waals surface area contributed by atoms with Crippen LogP contribution in [0.25, 0.3) is 0 Å². The van der Waals surface area contributed by atoms with Crippen molar-refractivity contribution in [1.82, 2.24) is 9.80 Å². The lowest BCUT2D eigenvalue weighted by atomic mass is 9.99. The highest BCUT2D eigenvalue weighted by molar-refractivity contribution is 5.75. The van der Waals surface area contributed by atoms with E-state index in [1.54, 1.807) is 11.1 Å². The summed E-state index contributed by atoms with van der Waals surface area (Å²) in [6.45, 7) is 8.57. The Morgan fingerprint density at radius 3 is 2.50 bits per heavy atom. The third-order valence-electron chi connectivity index (χ3n) is 7.79. The minimum absolute atomic E-state index is 0.263. The molecule has 184 valence electrons. The van der Waals surface area contributed by atoms with Crippen molar-refractivity contribution >= 4 is 11.6 Å². The fourth-order valence-electron chi connectivity index (χ4n) is 5.56. The molecule has 4 nitrogen and oxygen atoms in total. The van der Waals surface area contributed by atoms with E-state index in [1.807, 2.05) is 11.9 Å². The van der Waals surface area contributed by atoms with E-state index in [2.05, 4.69) is 59.2 Å². The summed E-state index contributed by atoms with van der Waals surface area (Å²) in [6.07, 6.45) is 10.6. The lowest BCUT2D eigenvalue weighted by Gasteiger charge is -2.37. The largest absolute Gasteiger partial charge is 0.369 e. The molecule has 1 amide bonds. The number of hydrogen-bond acceptors (Lipinski definition) is 3. The number of hydrogen-bond donors (Lipinski definition) is 0. The highest BCUT2D eigenvalue weighted by atomic mass is 16.2. The van der Waals surface area contributed by atoms with E-state index in [0.717, 1.165) is 45.6 Å². The Labute approximate surface area is 206 Å². The number of carbonyl (C=O) groups excluding carboxylic acids is 1. The molecule has 0 N–H and O–H groups in total. The van der Waals surface area contributed by atoms with Crippen molar-refractivity contribution in [3.05, 3.63) is 64.7 Å². The second-order valence-corrected chi connectivity index (χ2v) is 10.3. The Balaban J connectivity index is 1.13. The minimum atomic E-state index is 0.263. The van der Waals surface area contributed by atoms with Crippen LogP contribution in [0.5, 0.6) is 0 Å². The number of unbranched alkanes of at least 4 members (excludes halogenated alkanes) is 2. The van der Waals surface area contributed by atoms with Gasteiger partial charge < -0.3 is 9.80 Å². The molecule has 0 spiro atoms. The molecule has 0 saturated carbocycles. The maximum absolute atomic E-state index is 12.5. The van der Waals surface area contributed by atoms with E-state index in [-0.39, 0.29) is 5.91 Å². The molecule has 2 aromatic carbocycles. The summed E-state index contributed by atoms with van der Waals surface area (Å²) in [6, 6.07) is 15.3. The molecule has 34 heavy (non-hydrogen) atoms. The third-order valence-corrected chi connectivity index (χ3v) is 7.79. The summed E-state index contributed by atoms with van der Waals surface area (Å²) in [5.41, 5.74) is 7.23. The van der Waals surface area contributed by atoms with Crippen molar-refractivity contribution in [2.24, 2.45) is 0 Å². The van der Waals surface area contributed by atoms with Crippen molar-refractivity contribution in [2.75, 3.05) is 44.7 Å². The number of piperazine rings is 1. The molecule has 0 atom stereocenters. The van der Waals surface area contributed by atoms with Gasteiger partial charge in [-0.2, -0.15) is 0 Å². The maximum atomic E-state index is 12.5. The Morgan fingerprint density at radius 1 is 0.882 bits per heavy atom. The first kappa shape index (κ1) is 24.8. The van der Waals surface area contributed by atoms with Crippen LogP contribution in [0.15, 0.2) is 42.5 Å². The monoisotopic (exact) mass is 461 g/mol. The highest BCUT2D eigenvalue weighted by Crippen LogP contribution is 2.30. The van der Waals surface area contributed by atoms with Crippen molar-refractivity contribution in [1.29, 1.82) is 0 Å². The summed E-state index contributed by atoms with van der Waals surface area (Å²) < 4.78 is 0. The smallest absolute Gasteiger partial charge is 0.222 e. The van der Waals surface area contributed by atoms with E-state index in [4.69, 9.17) is 0 Å². The Bertz CT molecular complexity index is 932. The summed E-state index contributed by atoms with van der Waals surface area (Å²) in [4.78, 5) is 19.7. The Morgan fingerprint density at radius 2 is 1.68 bits per heavy atom. The second kappa shape index (κ2) is 12.4. The van der Waals surface area contributed by atoms with Gasteiger partial charge in [0.05, 0.1) is 0 Å². The lowest BCUT2D eigenvalue weighted by molar-refractivity contribution is -0.130. The van der Waals surface area contributed by atoms with Crippen LogP contribution >= 0.6 is 0 Å². The number of fused-ring (bicyclic) bond motifs is 1. The van der Waals surface area contributed by atoms with Gasteiger partial charge in [0.1, 0.15) is 0 Å². The van der Waals surface area contributed by atoms with Crippen LogP contribution < -0.4 is 4.90 Å². The summed E-state index contributed by atoms with van der Waals surface area (Å²) in [7, 11) is 1.93. The van der Waals surface area contributed by atoms with Crippen molar-refractivity contribution in [3.8, 4) is 0 Å². The number of rotatable bonds is 9. The van der Waals surface area contributed by atoms with Crippen LogP contribution in [-0.2, 0) is 24.2 Å². The molecule has 0 radical (unpaired) electrons. The molecule has 1 aliphatic carbocycles. The molecule has 1 fully saturated rings. The van der Waals surface area contributed by atoms with Crippen molar-refractivity contribution in [2.45, 2.75) is 71.3 Å². The Hall–Kier alpha value is -2.33. The molecular formula is C30H43N3O. The van der Waals surface area contributed by atoms with Gasteiger partial charge in [0.2, 0.25) is 5.91 Å². The average molecular weight is 462 g/mol. The molecule has 1 aliphatic heterocycles. The van der Waals surface area contributed by atoms with Crippen LogP contribution in [0, 0.1) is 6.92 Å². The van der Waals surface area contributed by atoms with E-state index >= 15 is 0 Å². The first-order chi connectivity index (χ1) is 16.6. The molecule has 4 rings (SSSR count). The van der Waals surface area contributed by atoms with Crippen LogP contribution in [0.3, 0.4) is 0 Å². The van der Waals surface area contributed by atoms with E-state index in [1.165, 1.54) is 55.3 Å². The number of amides is 1. The third kappa shape index (κ3) is 6.63. The molecule has 1 heterocycles. The molecule has 0 aromatic heterocycles. The highest BCUT2D eigenvalue weighted by Gasteiger charge is 2.21. The lowest BCUT2D eigenvalue weighted by Crippen LogP contribution is -2.47. The van der Waals surface area contributed by atoms with Crippen LogP contribution in [0.1, 0.15) is 67.2 Å². The Kier molecular flexibility index (Phi) is 9.04. The van der Waals surface area contributed by atoms with Gasteiger partial charge in [-0.05, 0) is 80.3 Å². The van der Waals surface area contributed by atoms with Gasteiger partial charge in [-0.1, -0.05) is 49.2 Å². The molecule has 2 aromatic rings. The summed E-state index contributed by atoms with van der Waals surface area (Å²) in [5, 5.41) is 0. The minimum Gasteiger partial charge on any atom is -0.369 e. The zero-order valence-corrected chi connectivity index (χ0v) is 21.4. The molecule has 0 bridgehead atoms. The molecular weight excluding hydrogens is 418 g/mol. The van der Waals surface area contributed by atoms with Gasteiger partial charge in [0.15, 0.2) is 0 Å². The number of anilines is 1. The number of carbonyl (C=O) groups is 1. The average Bonchev–Trinajstić information content (AvgIpc) is 3.11. The zero-order chi connectivity index (χ0) is 23.8.